The van der Waals surface area contributed by atoms with Crippen LogP contribution in [0.15, 0.2) is 89.2 Å². The fourth-order valence-corrected chi connectivity index (χ4v) is 5.86. The predicted molar refractivity (Wildman–Crippen MR) is 138 cm³/mol. The molecule has 3 aromatic carbocycles. The average Bonchev–Trinajstić information content (AvgIpc) is 3.28. The molecule has 4 aromatic rings. The van der Waals surface area contributed by atoms with Gasteiger partial charge in [-0.05, 0) is 41.5 Å². The number of benzene rings is 3. The van der Waals surface area contributed by atoms with Gasteiger partial charge in [-0.2, -0.15) is 0 Å². The molecule has 2 atom stereocenters. The zero-order valence-electron chi connectivity index (χ0n) is 19.1. The van der Waals surface area contributed by atoms with Crippen LogP contribution in [-0.2, 0) is 0 Å². The van der Waals surface area contributed by atoms with Crippen molar-refractivity contribution in [2.24, 2.45) is 10.9 Å². The normalized spacial score (nSPS) is 18.7. The molecule has 1 aliphatic rings. The molecule has 2 unspecified atom stereocenters. The SMILES string of the molecule is CC1CCCCC1n1c(-c2ccc(-c3ccccc3)cc2)csc1=Nc1ccccc1[N+](=O)[O-]. The van der Waals surface area contributed by atoms with Crippen LogP contribution >= 0.6 is 11.3 Å². The van der Waals surface area contributed by atoms with Gasteiger partial charge in [-0.25, -0.2) is 4.99 Å². The van der Waals surface area contributed by atoms with Crippen molar-refractivity contribution in [1.82, 2.24) is 4.57 Å². The van der Waals surface area contributed by atoms with Crippen LogP contribution < -0.4 is 4.80 Å². The third kappa shape index (κ3) is 4.46. The summed E-state index contributed by atoms with van der Waals surface area (Å²) in [6, 6.07) is 26.1. The van der Waals surface area contributed by atoms with E-state index < -0.39 is 0 Å². The zero-order chi connectivity index (χ0) is 23.5. The summed E-state index contributed by atoms with van der Waals surface area (Å²) in [7, 11) is 0. The Morgan fingerprint density at radius 3 is 2.26 bits per heavy atom. The van der Waals surface area contributed by atoms with Crippen molar-refractivity contribution >= 4 is 22.7 Å². The number of nitrogens with zero attached hydrogens (tertiary/aromatic N) is 3. The third-order valence-corrected chi connectivity index (χ3v) is 7.56. The Hall–Kier alpha value is -3.51. The van der Waals surface area contributed by atoms with E-state index in [4.69, 9.17) is 4.99 Å². The molecular weight excluding hydrogens is 442 g/mol. The van der Waals surface area contributed by atoms with Crippen LogP contribution in [0.4, 0.5) is 11.4 Å². The van der Waals surface area contributed by atoms with E-state index in [0.29, 0.717) is 17.6 Å². The highest BCUT2D eigenvalue weighted by atomic mass is 32.1. The number of nitro groups is 1. The van der Waals surface area contributed by atoms with Crippen LogP contribution in [0, 0.1) is 16.0 Å². The lowest BCUT2D eigenvalue weighted by Crippen LogP contribution is -2.28. The standard InChI is InChI=1S/C28H27N3O2S/c1-20-9-5-7-13-25(20)30-27(23-17-15-22(16-18-23)21-10-3-2-4-11-21)19-34-28(30)29-24-12-6-8-14-26(24)31(32)33/h2-4,6,8,10-12,14-20,25H,5,7,9,13H2,1H3. The Morgan fingerprint density at radius 1 is 0.882 bits per heavy atom. The van der Waals surface area contributed by atoms with E-state index in [2.05, 4.69) is 65.4 Å². The van der Waals surface area contributed by atoms with E-state index in [0.717, 1.165) is 22.5 Å². The Bertz CT molecular complexity index is 1360. The second kappa shape index (κ2) is 9.77. The largest absolute Gasteiger partial charge is 0.313 e. The summed E-state index contributed by atoms with van der Waals surface area (Å²) in [5.74, 6) is 0.524. The minimum Gasteiger partial charge on any atom is -0.313 e. The summed E-state index contributed by atoms with van der Waals surface area (Å²) in [6.45, 7) is 2.31. The van der Waals surface area contributed by atoms with Gasteiger partial charge in [0.15, 0.2) is 4.80 Å². The highest BCUT2D eigenvalue weighted by Gasteiger charge is 2.26. The number of hydrogen-bond acceptors (Lipinski definition) is 4. The van der Waals surface area contributed by atoms with Gasteiger partial charge in [0, 0.05) is 17.5 Å². The molecule has 0 bridgehead atoms. The van der Waals surface area contributed by atoms with Crippen molar-refractivity contribution in [3.05, 3.63) is 99.2 Å². The number of para-hydroxylation sites is 2. The van der Waals surface area contributed by atoms with Crippen LogP contribution in [0.1, 0.15) is 38.6 Å². The summed E-state index contributed by atoms with van der Waals surface area (Å²) in [4.78, 5) is 16.8. The number of rotatable bonds is 5. The molecule has 0 aliphatic heterocycles. The average molecular weight is 470 g/mol. The lowest BCUT2D eigenvalue weighted by Gasteiger charge is -2.31. The molecule has 0 saturated heterocycles. The first-order chi connectivity index (χ1) is 16.6. The van der Waals surface area contributed by atoms with E-state index in [1.165, 1.54) is 36.5 Å². The molecule has 0 radical (unpaired) electrons. The van der Waals surface area contributed by atoms with E-state index in [1.807, 2.05) is 6.07 Å². The fourth-order valence-electron chi connectivity index (χ4n) is 4.89. The van der Waals surface area contributed by atoms with Crippen molar-refractivity contribution in [1.29, 1.82) is 0 Å². The summed E-state index contributed by atoms with van der Waals surface area (Å²) in [6.07, 6.45) is 4.72. The van der Waals surface area contributed by atoms with Crippen molar-refractivity contribution in [2.75, 3.05) is 0 Å². The van der Waals surface area contributed by atoms with Gasteiger partial charge in [0.25, 0.3) is 5.69 Å². The topological polar surface area (TPSA) is 60.4 Å². The lowest BCUT2D eigenvalue weighted by atomic mass is 9.85. The molecule has 1 fully saturated rings. The molecule has 1 aromatic heterocycles. The maximum atomic E-state index is 11.6. The molecule has 0 spiro atoms. The number of aromatic nitrogens is 1. The molecule has 172 valence electrons. The smallest absolute Gasteiger partial charge is 0.294 e. The van der Waals surface area contributed by atoms with E-state index >= 15 is 0 Å². The van der Waals surface area contributed by atoms with Crippen molar-refractivity contribution < 1.29 is 4.92 Å². The fraction of sp³-hybridized carbons (Fsp3) is 0.250. The van der Waals surface area contributed by atoms with Gasteiger partial charge >= 0.3 is 0 Å². The van der Waals surface area contributed by atoms with Gasteiger partial charge in [0.05, 0.1) is 10.6 Å². The van der Waals surface area contributed by atoms with E-state index in [-0.39, 0.29) is 10.6 Å². The first-order valence-corrected chi connectivity index (χ1v) is 12.6. The van der Waals surface area contributed by atoms with Gasteiger partial charge in [0.1, 0.15) is 5.69 Å². The highest BCUT2D eigenvalue weighted by molar-refractivity contribution is 7.07. The van der Waals surface area contributed by atoms with Crippen molar-refractivity contribution in [2.45, 2.75) is 38.6 Å². The minimum atomic E-state index is -0.358. The summed E-state index contributed by atoms with van der Waals surface area (Å²) < 4.78 is 2.34. The van der Waals surface area contributed by atoms with Gasteiger partial charge in [0.2, 0.25) is 0 Å². The van der Waals surface area contributed by atoms with Crippen LogP contribution in [0.2, 0.25) is 0 Å². The van der Waals surface area contributed by atoms with E-state index in [9.17, 15) is 10.1 Å². The molecule has 1 heterocycles. The maximum absolute atomic E-state index is 11.6. The first kappa shape index (κ1) is 22.3. The van der Waals surface area contributed by atoms with Crippen LogP contribution in [0.25, 0.3) is 22.4 Å². The third-order valence-electron chi connectivity index (χ3n) is 6.72. The Balaban J connectivity index is 1.63. The lowest BCUT2D eigenvalue weighted by molar-refractivity contribution is -0.384. The molecule has 1 saturated carbocycles. The summed E-state index contributed by atoms with van der Waals surface area (Å²) in [5, 5.41) is 13.7. The quantitative estimate of drug-likeness (QED) is 0.221. The number of thiazole rings is 1. The highest BCUT2D eigenvalue weighted by Crippen LogP contribution is 2.37. The van der Waals surface area contributed by atoms with E-state index in [1.54, 1.807) is 29.5 Å². The Morgan fingerprint density at radius 2 is 1.53 bits per heavy atom. The van der Waals surface area contributed by atoms with Gasteiger partial charge in [-0.3, -0.25) is 10.1 Å². The second-order valence-electron chi connectivity index (χ2n) is 8.90. The molecular formula is C28H27N3O2S. The molecule has 5 rings (SSSR count). The second-order valence-corrected chi connectivity index (χ2v) is 9.74. The van der Waals surface area contributed by atoms with Crippen molar-refractivity contribution in [3.8, 4) is 22.4 Å². The van der Waals surface area contributed by atoms with Crippen LogP contribution in [-0.4, -0.2) is 9.49 Å². The van der Waals surface area contributed by atoms with Crippen LogP contribution in [0.3, 0.4) is 0 Å². The molecule has 34 heavy (non-hydrogen) atoms. The van der Waals surface area contributed by atoms with Gasteiger partial charge in [-0.1, -0.05) is 86.5 Å². The minimum absolute atomic E-state index is 0.0351. The van der Waals surface area contributed by atoms with Gasteiger partial charge < -0.3 is 4.57 Å². The Labute approximate surface area is 203 Å². The summed E-state index contributed by atoms with van der Waals surface area (Å²) in [5.41, 5.74) is 5.08. The van der Waals surface area contributed by atoms with Crippen molar-refractivity contribution in [3.63, 3.8) is 0 Å². The zero-order valence-corrected chi connectivity index (χ0v) is 19.9. The number of nitro benzene ring substituents is 1. The van der Waals surface area contributed by atoms with Gasteiger partial charge in [-0.15, -0.1) is 11.3 Å². The summed E-state index contributed by atoms with van der Waals surface area (Å²) >= 11 is 1.56. The predicted octanol–water partition coefficient (Wildman–Crippen LogP) is 7.78. The molecule has 5 nitrogen and oxygen atoms in total. The Kier molecular flexibility index (Phi) is 6.41. The van der Waals surface area contributed by atoms with Crippen LogP contribution in [0.5, 0.6) is 0 Å². The monoisotopic (exact) mass is 469 g/mol. The number of hydrogen-bond donors (Lipinski definition) is 0. The first-order valence-electron chi connectivity index (χ1n) is 11.8. The molecule has 0 amide bonds. The maximum Gasteiger partial charge on any atom is 0.294 e. The molecule has 0 N–H and O–H groups in total. The molecule has 6 heteroatoms. The molecule has 1 aliphatic carbocycles.